The molecule has 0 spiro atoms. The second-order valence-corrected chi connectivity index (χ2v) is 6.08. The lowest BCUT2D eigenvalue weighted by atomic mass is 9.91. The zero-order chi connectivity index (χ0) is 16.3. The Labute approximate surface area is 129 Å². The Bertz CT molecular complexity index is 605. The average Bonchev–Trinajstić information content (AvgIpc) is 2.54. The van der Waals surface area contributed by atoms with Crippen molar-refractivity contribution >= 4 is 17.2 Å². The first-order valence-corrected chi connectivity index (χ1v) is 7.19. The molecule has 1 aromatic carbocycles. The van der Waals surface area contributed by atoms with Gasteiger partial charge in [0.15, 0.2) is 0 Å². The van der Waals surface area contributed by atoms with E-state index in [0.29, 0.717) is 19.5 Å². The highest BCUT2D eigenvalue weighted by atomic mass is 16.6. The van der Waals surface area contributed by atoms with Crippen LogP contribution in [-0.4, -0.2) is 40.5 Å². The van der Waals surface area contributed by atoms with Crippen molar-refractivity contribution in [2.75, 3.05) is 19.7 Å². The molecule has 1 aliphatic heterocycles. The van der Waals surface area contributed by atoms with E-state index in [1.165, 1.54) is 12.1 Å². The summed E-state index contributed by atoms with van der Waals surface area (Å²) in [6, 6.07) is 6.45. The summed E-state index contributed by atoms with van der Waals surface area (Å²) in [4.78, 5) is 24.2. The van der Waals surface area contributed by atoms with Gasteiger partial charge in [0, 0.05) is 25.2 Å². The number of carbonyl (C=O) groups is 1. The topological polar surface area (TPSA) is 83.7 Å². The van der Waals surface area contributed by atoms with Crippen molar-refractivity contribution in [2.24, 2.45) is 5.41 Å². The van der Waals surface area contributed by atoms with E-state index in [-0.39, 0.29) is 18.2 Å². The molecule has 0 atom stereocenters. The number of non-ortho nitro benzene ring substituents is 1. The molecule has 0 saturated heterocycles. The van der Waals surface area contributed by atoms with Crippen LogP contribution in [0.1, 0.15) is 25.8 Å². The molecule has 0 aromatic heterocycles. The largest absolute Gasteiger partial charge is 0.395 e. The summed E-state index contributed by atoms with van der Waals surface area (Å²) in [6.45, 7) is 4.36. The molecule has 0 aliphatic carbocycles. The van der Waals surface area contributed by atoms with Crippen LogP contribution >= 0.6 is 0 Å². The average molecular weight is 304 g/mol. The third kappa shape index (κ3) is 3.33. The van der Waals surface area contributed by atoms with Crippen molar-refractivity contribution in [1.82, 2.24) is 4.90 Å². The molecule has 118 valence electrons. The highest BCUT2D eigenvalue weighted by molar-refractivity contribution is 5.83. The lowest BCUT2D eigenvalue weighted by Gasteiger charge is -2.33. The molecule has 1 amide bonds. The highest BCUT2D eigenvalue weighted by Crippen LogP contribution is 2.26. The SMILES string of the molecule is CC(C)(CO)C(=O)N1CC=C(c2ccc([N+](=O)[O-])cc2)CC1. The number of aliphatic hydroxyl groups is 1. The van der Waals surface area contributed by atoms with Crippen LogP contribution in [0.3, 0.4) is 0 Å². The Hall–Kier alpha value is -2.21. The van der Waals surface area contributed by atoms with Crippen molar-refractivity contribution in [3.8, 4) is 0 Å². The maximum atomic E-state index is 12.3. The first-order chi connectivity index (χ1) is 10.3. The Balaban J connectivity index is 2.08. The number of carbonyl (C=O) groups excluding carboxylic acids is 1. The minimum Gasteiger partial charge on any atom is -0.395 e. The number of amides is 1. The molecule has 22 heavy (non-hydrogen) atoms. The van der Waals surface area contributed by atoms with E-state index >= 15 is 0 Å². The number of hydrogen-bond acceptors (Lipinski definition) is 4. The predicted molar refractivity (Wildman–Crippen MR) is 83.1 cm³/mol. The van der Waals surface area contributed by atoms with E-state index in [2.05, 4.69) is 0 Å². The quantitative estimate of drug-likeness (QED) is 0.683. The van der Waals surface area contributed by atoms with Gasteiger partial charge in [-0.2, -0.15) is 0 Å². The van der Waals surface area contributed by atoms with Crippen LogP contribution in [0.2, 0.25) is 0 Å². The molecule has 2 rings (SSSR count). The van der Waals surface area contributed by atoms with Crippen LogP contribution in [0.15, 0.2) is 30.3 Å². The van der Waals surface area contributed by atoms with Gasteiger partial charge in [-0.25, -0.2) is 0 Å². The fraction of sp³-hybridized carbons (Fsp3) is 0.438. The number of aliphatic hydroxyl groups excluding tert-OH is 1. The first kappa shape index (κ1) is 16.2. The lowest BCUT2D eigenvalue weighted by Crippen LogP contribution is -2.44. The Morgan fingerprint density at radius 3 is 2.45 bits per heavy atom. The second kappa shape index (κ2) is 6.27. The van der Waals surface area contributed by atoms with Crippen molar-refractivity contribution < 1.29 is 14.8 Å². The van der Waals surface area contributed by atoms with Crippen LogP contribution in [-0.2, 0) is 4.79 Å². The molecule has 1 aliphatic rings. The molecule has 0 saturated carbocycles. The number of nitro benzene ring substituents is 1. The molecule has 1 aromatic rings. The predicted octanol–water partition coefficient (Wildman–Crippen LogP) is 2.23. The summed E-state index contributed by atoms with van der Waals surface area (Å²) in [5.41, 5.74) is 1.33. The van der Waals surface area contributed by atoms with Crippen molar-refractivity contribution in [1.29, 1.82) is 0 Å². The molecule has 6 heteroatoms. The van der Waals surface area contributed by atoms with Crippen molar-refractivity contribution in [3.63, 3.8) is 0 Å². The Kier molecular flexibility index (Phi) is 4.61. The van der Waals surface area contributed by atoms with E-state index in [0.717, 1.165) is 11.1 Å². The summed E-state index contributed by atoms with van der Waals surface area (Å²) in [5.74, 6) is -0.0611. The van der Waals surface area contributed by atoms with Gasteiger partial charge in [-0.1, -0.05) is 6.08 Å². The zero-order valence-corrected chi connectivity index (χ0v) is 12.8. The number of nitrogens with zero attached hydrogens (tertiary/aromatic N) is 2. The molecule has 0 radical (unpaired) electrons. The van der Waals surface area contributed by atoms with Gasteiger partial charge in [0.1, 0.15) is 0 Å². The maximum Gasteiger partial charge on any atom is 0.269 e. The van der Waals surface area contributed by atoms with E-state index in [9.17, 15) is 20.0 Å². The Morgan fingerprint density at radius 1 is 1.36 bits per heavy atom. The van der Waals surface area contributed by atoms with Crippen LogP contribution in [0.25, 0.3) is 5.57 Å². The number of nitro groups is 1. The summed E-state index contributed by atoms with van der Waals surface area (Å²) < 4.78 is 0. The summed E-state index contributed by atoms with van der Waals surface area (Å²) in [6.07, 6.45) is 2.67. The molecule has 1 heterocycles. The van der Waals surface area contributed by atoms with E-state index < -0.39 is 10.3 Å². The van der Waals surface area contributed by atoms with Gasteiger partial charge in [0.25, 0.3) is 5.69 Å². The van der Waals surface area contributed by atoms with Gasteiger partial charge in [0.05, 0.1) is 16.9 Å². The normalized spacial score (nSPS) is 15.4. The number of hydrogen-bond donors (Lipinski definition) is 1. The first-order valence-electron chi connectivity index (χ1n) is 7.19. The smallest absolute Gasteiger partial charge is 0.269 e. The van der Waals surface area contributed by atoms with Gasteiger partial charge in [-0.05, 0) is 43.5 Å². The number of rotatable bonds is 4. The molecule has 0 bridgehead atoms. The van der Waals surface area contributed by atoms with Gasteiger partial charge < -0.3 is 10.0 Å². The van der Waals surface area contributed by atoms with E-state index in [4.69, 9.17) is 0 Å². The molecule has 1 N–H and O–H groups in total. The standard InChI is InChI=1S/C16H20N2O4/c1-16(2,11-19)15(20)17-9-7-13(8-10-17)12-3-5-14(6-4-12)18(21)22/h3-7,19H,8-11H2,1-2H3. The minimum atomic E-state index is -0.765. The van der Waals surface area contributed by atoms with Gasteiger partial charge in [-0.15, -0.1) is 0 Å². The molecule has 6 nitrogen and oxygen atoms in total. The monoisotopic (exact) mass is 304 g/mol. The highest BCUT2D eigenvalue weighted by Gasteiger charge is 2.32. The van der Waals surface area contributed by atoms with E-state index in [1.54, 1.807) is 30.9 Å². The fourth-order valence-corrected chi connectivity index (χ4v) is 2.41. The zero-order valence-electron chi connectivity index (χ0n) is 12.8. The lowest BCUT2D eigenvalue weighted by molar-refractivity contribution is -0.384. The molecule has 0 fully saturated rings. The summed E-state index contributed by atoms with van der Waals surface area (Å²) in [5, 5.41) is 19.9. The van der Waals surface area contributed by atoms with Crippen molar-refractivity contribution in [2.45, 2.75) is 20.3 Å². The molecule has 0 unspecified atom stereocenters. The van der Waals surface area contributed by atoms with Gasteiger partial charge >= 0.3 is 0 Å². The third-order valence-electron chi connectivity index (χ3n) is 3.92. The summed E-state index contributed by atoms with van der Waals surface area (Å²) in [7, 11) is 0. The van der Waals surface area contributed by atoms with Crippen LogP contribution in [0, 0.1) is 15.5 Å². The number of benzene rings is 1. The maximum absolute atomic E-state index is 12.3. The second-order valence-electron chi connectivity index (χ2n) is 6.08. The van der Waals surface area contributed by atoms with E-state index in [1.807, 2.05) is 6.08 Å². The van der Waals surface area contributed by atoms with Gasteiger partial charge in [-0.3, -0.25) is 14.9 Å². The van der Waals surface area contributed by atoms with Gasteiger partial charge in [0.2, 0.25) is 5.91 Å². The summed E-state index contributed by atoms with van der Waals surface area (Å²) >= 11 is 0. The van der Waals surface area contributed by atoms with Crippen molar-refractivity contribution in [3.05, 3.63) is 46.0 Å². The van der Waals surface area contributed by atoms with Crippen LogP contribution in [0.5, 0.6) is 0 Å². The minimum absolute atomic E-state index is 0.0611. The van der Waals surface area contributed by atoms with Crippen LogP contribution in [0.4, 0.5) is 5.69 Å². The van der Waals surface area contributed by atoms with Crippen LogP contribution < -0.4 is 0 Å². The fourth-order valence-electron chi connectivity index (χ4n) is 2.41. The Morgan fingerprint density at radius 2 is 2.00 bits per heavy atom. The third-order valence-corrected chi connectivity index (χ3v) is 3.92. The molecular weight excluding hydrogens is 284 g/mol. The molecular formula is C16H20N2O4.